The minimum Gasteiger partial charge on any atom is -0.469 e. The van der Waals surface area contributed by atoms with Gasteiger partial charge in [-0.2, -0.15) is 10.2 Å². The molecule has 0 N–H and O–H groups in total. The van der Waals surface area contributed by atoms with Crippen LogP contribution in [0, 0.1) is 12.8 Å². The molecule has 2 aromatic heterocycles. The Morgan fingerprint density at radius 3 is 2.39 bits per heavy atom. The van der Waals surface area contributed by atoms with E-state index in [2.05, 4.69) is 15.1 Å². The quantitative estimate of drug-likeness (QED) is 0.482. The second-order valence-corrected chi connectivity index (χ2v) is 11.9. The van der Waals surface area contributed by atoms with E-state index in [-0.39, 0.29) is 29.3 Å². The zero-order valence-electron chi connectivity index (χ0n) is 20.6. The number of sulfone groups is 1. The van der Waals surface area contributed by atoms with Crippen molar-refractivity contribution in [2.24, 2.45) is 5.92 Å². The molecule has 190 valence electrons. The van der Waals surface area contributed by atoms with Crippen LogP contribution in [-0.4, -0.2) is 66.1 Å². The SMILES string of the molecule is COC(=O)[C@@H]1CCCC[C@H]1c1nn(-c2ccc(C)nn2)cc1-c1ccc(N2CCS(=O)(=O)CC2)cc1. The van der Waals surface area contributed by atoms with E-state index in [4.69, 9.17) is 9.84 Å². The molecule has 2 atom stereocenters. The highest BCUT2D eigenvalue weighted by molar-refractivity contribution is 7.91. The van der Waals surface area contributed by atoms with Crippen LogP contribution >= 0.6 is 0 Å². The van der Waals surface area contributed by atoms with Gasteiger partial charge < -0.3 is 9.64 Å². The number of aromatic nitrogens is 4. The molecule has 3 heterocycles. The molecule has 1 aliphatic heterocycles. The number of nitrogens with zero attached hydrogens (tertiary/aromatic N) is 5. The number of carbonyl (C=O) groups is 1. The molecule has 2 aliphatic rings. The van der Waals surface area contributed by atoms with E-state index in [1.54, 1.807) is 4.68 Å². The third kappa shape index (κ3) is 5.00. The summed E-state index contributed by atoms with van der Waals surface area (Å²) in [5, 5.41) is 13.4. The van der Waals surface area contributed by atoms with E-state index in [0.29, 0.717) is 18.9 Å². The second kappa shape index (κ2) is 10.0. The average Bonchev–Trinajstić information content (AvgIpc) is 3.34. The number of hydrogen-bond acceptors (Lipinski definition) is 8. The molecule has 10 heteroatoms. The van der Waals surface area contributed by atoms with Crippen LogP contribution < -0.4 is 4.90 Å². The van der Waals surface area contributed by atoms with E-state index in [1.807, 2.05) is 49.5 Å². The molecule has 5 rings (SSSR count). The molecular formula is C26H31N5O4S. The molecule has 0 amide bonds. The Balaban J connectivity index is 1.52. The van der Waals surface area contributed by atoms with Crippen molar-refractivity contribution in [3.63, 3.8) is 0 Å². The number of carbonyl (C=O) groups excluding carboxylic acids is 1. The van der Waals surface area contributed by atoms with E-state index < -0.39 is 9.84 Å². The predicted molar refractivity (Wildman–Crippen MR) is 137 cm³/mol. The number of esters is 1. The summed E-state index contributed by atoms with van der Waals surface area (Å²) in [6.45, 7) is 2.89. The summed E-state index contributed by atoms with van der Waals surface area (Å²) < 4.78 is 30.5. The molecule has 0 unspecified atom stereocenters. The first-order valence-corrected chi connectivity index (χ1v) is 14.2. The monoisotopic (exact) mass is 509 g/mol. The molecule has 3 aromatic rings. The van der Waals surface area contributed by atoms with Gasteiger partial charge in [-0.15, -0.1) is 5.10 Å². The lowest BCUT2D eigenvalue weighted by Gasteiger charge is -2.29. The van der Waals surface area contributed by atoms with Crippen LogP contribution in [0.25, 0.3) is 16.9 Å². The van der Waals surface area contributed by atoms with E-state index in [0.717, 1.165) is 53.9 Å². The first-order valence-electron chi connectivity index (χ1n) is 12.4. The van der Waals surface area contributed by atoms with Gasteiger partial charge in [0.1, 0.15) is 0 Å². The highest BCUT2D eigenvalue weighted by Gasteiger charge is 2.36. The van der Waals surface area contributed by atoms with Crippen molar-refractivity contribution in [1.29, 1.82) is 0 Å². The molecule has 9 nitrogen and oxygen atoms in total. The maximum Gasteiger partial charge on any atom is 0.309 e. The Kier molecular flexibility index (Phi) is 6.79. The zero-order valence-corrected chi connectivity index (χ0v) is 21.4. The summed E-state index contributed by atoms with van der Waals surface area (Å²) in [6.07, 6.45) is 5.64. The second-order valence-electron chi connectivity index (χ2n) is 9.61. The van der Waals surface area contributed by atoms with Gasteiger partial charge in [-0.3, -0.25) is 4.79 Å². The van der Waals surface area contributed by atoms with Gasteiger partial charge in [0.15, 0.2) is 15.7 Å². The molecular weight excluding hydrogens is 478 g/mol. The van der Waals surface area contributed by atoms with Crippen LogP contribution in [0.1, 0.15) is 43.0 Å². The highest BCUT2D eigenvalue weighted by Crippen LogP contribution is 2.42. The van der Waals surface area contributed by atoms with Gasteiger partial charge >= 0.3 is 5.97 Å². The fourth-order valence-corrected chi connectivity index (χ4v) is 6.43. The minimum absolute atomic E-state index is 0.0483. The van der Waals surface area contributed by atoms with Crippen molar-refractivity contribution in [1.82, 2.24) is 20.0 Å². The average molecular weight is 510 g/mol. The standard InChI is InChI=1S/C26H31N5O4S/c1-18-7-12-24(28-27-18)31-17-23(25(29-31)21-5-3-4-6-22(21)26(32)35-2)19-8-10-20(11-9-19)30-13-15-36(33,34)16-14-30/h7-12,17,21-22H,3-6,13-16H2,1-2H3/t21-,22-/m1/s1. The van der Waals surface area contributed by atoms with Crippen LogP contribution in [0.2, 0.25) is 0 Å². The summed E-state index contributed by atoms with van der Waals surface area (Å²) >= 11 is 0. The molecule has 36 heavy (non-hydrogen) atoms. The smallest absolute Gasteiger partial charge is 0.309 e. The van der Waals surface area contributed by atoms with Crippen molar-refractivity contribution in [2.45, 2.75) is 38.5 Å². The van der Waals surface area contributed by atoms with Gasteiger partial charge in [0, 0.05) is 36.5 Å². The van der Waals surface area contributed by atoms with Crippen LogP contribution in [0.4, 0.5) is 5.69 Å². The number of ether oxygens (including phenoxy) is 1. The lowest BCUT2D eigenvalue weighted by atomic mass is 9.76. The predicted octanol–water partition coefficient (Wildman–Crippen LogP) is 3.32. The molecule has 2 fully saturated rings. The topological polar surface area (TPSA) is 107 Å². The van der Waals surface area contributed by atoms with Gasteiger partial charge in [-0.25, -0.2) is 13.1 Å². The molecule has 1 aromatic carbocycles. The highest BCUT2D eigenvalue weighted by atomic mass is 32.2. The lowest BCUT2D eigenvalue weighted by Crippen LogP contribution is -2.40. The maximum atomic E-state index is 12.7. The minimum atomic E-state index is -2.94. The lowest BCUT2D eigenvalue weighted by molar-refractivity contribution is -0.147. The molecule has 0 radical (unpaired) electrons. The first kappa shape index (κ1) is 24.4. The van der Waals surface area contributed by atoms with Gasteiger partial charge in [0.05, 0.1) is 35.9 Å². The fourth-order valence-electron chi connectivity index (χ4n) is 5.23. The van der Waals surface area contributed by atoms with Crippen molar-refractivity contribution in [3.05, 3.63) is 54.0 Å². The fraction of sp³-hybridized carbons (Fsp3) is 0.462. The van der Waals surface area contributed by atoms with Gasteiger partial charge in [0.25, 0.3) is 0 Å². The summed E-state index contributed by atoms with van der Waals surface area (Å²) in [7, 11) is -1.49. The number of anilines is 1. The summed E-state index contributed by atoms with van der Waals surface area (Å²) in [5.41, 5.74) is 4.62. The number of hydrogen-bond donors (Lipinski definition) is 0. The zero-order chi connectivity index (χ0) is 25.3. The Morgan fingerprint density at radius 1 is 1.00 bits per heavy atom. The van der Waals surface area contributed by atoms with Gasteiger partial charge in [0.2, 0.25) is 0 Å². The number of benzene rings is 1. The molecule has 1 saturated heterocycles. The van der Waals surface area contributed by atoms with Crippen LogP contribution in [0.3, 0.4) is 0 Å². The molecule has 1 saturated carbocycles. The Bertz CT molecular complexity index is 1320. The van der Waals surface area contributed by atoms with E-state index >= 15 is 0 Å². The molecule has 1 aliphatic carbocycles. The van der Waals surface area contributed by atoms with E-state index in [9.17, 15) is 13.2 Å². The van der Waals surface area contributed by atoms with Gasteiger partial charge in [-0.1, -0.05) is 25.0 Å². The number of methoxy groups -OCH3 is 1. The first-order chi connectivity index (χ1) is 17.3. The van der Waals surface area contributed by atoms with Crippen molar-refractivity contribution < 1.29 is 17.9 Å². The number of aryl methyl sites for hydroxylation is 1. The molecule has 0 bridgehead atoms. The summed E-state index contributed by atoms with van der Waals surface area (Å²) in [5.74, 6) is 0.507. The van der Waals surface area contributed by atoms with Crippen molar-refractivity contribution >= 4 is 21.5 Å². The summed E-state index contributed by atoms with van der Waals surface area (Å²) in [6, 6.07) is 11.9. The summed E-state index contributed by atoms with van der Waals surface area (Å²) in [4.78, 5) is 14.8. The third-order valence-electron chi connectivity index (χ3n) is 7.27. The van der Waals surface area contributed by atoms with Crippen LogP contribution in [0.15, 0.2) is 42.6 Å². The van der Waals surface area contributed by atoms with Crippen molar-refractivity contribution in [2.75, 3.05) is 36.6 Å². The Morgan fingerprint density at radius 2 is 1.72 bits per heavy atom. The van der Waals surface area contributed by atoms with Crippen molar-refractivity contribution in [3.8, 4) is 16.9 Å². The number of rotatable bonds is 5. The van der Waals surface area contributed by atoms with Crippen LogP contribution in [-0.2, 0) is 19.4 Å². The normalized spacial score (nSPS) is 21.8. The van der Waals surface area contributed by atoms with Crippen LogP contribution in [0.5, 0.6) is 0 Å². The van der Waals surface area contributed by atoms with Gasteiger partial charge in [-0.05, 0) is 49.6 Å². The van der Waals surface area contributed by atoms with E-state index in [1.165, 1.54) is 7.11 Å². The molecule has 0 spiro atoms. The Hall–Kier alpha value is -3.27. The third-order valence-corrected chi connectivity index (χ3v) is 8.88. The maximum absolute atomic E-state index is 12.7. The Labute approximate surface area is 211 Å². The largest absolute Gasteiger partial charge is 0.469 e.